The number of hydrogen-bond donors (Lipinski definition) is 0. The summed E-state index contributed by atoms with van der Waals surface area (Å²) in [5, 5.41) is 2.96. The highest BCUT2D eigenvalue weighted by molar-refractivity contribution is 8.05. The summed E-state index contributed by atoms with van der Waals surface area (Å²) in [7, 11) is 0.462. The van der Waals surface area contributed by atoms with Gasteiger partial charge in [0.25, 0.3) is 0 Å². The van der Waals surface area contributed by atoms with E-state index in [0.717, 1.165) is 0 Å². The molecule has 1 aliphatic heterocycles. The maximum atomic E-state index is 2.42. The molecule has 1 fully saturated rings. The number of fused-ring (bicyclic) bond motifs is 1. The van der Waals surface area contributed by atoms with Gasteiger partial charge in [-0.15, -0.1) is 0 Å². The van der Waals surface area contributed by atoms with Crippen LogP contribution in [0.25, 0.3) is 10.8 Å². The third kappa shape index (κ3) is 2.73. The molecule has 2 heteroatoms. The fourth-order valence-electron chi connectivity index (χ4n) is 2.92. The third-order valence-electron chi connectivity index (χ3n) is 3.95. The van der Waals surface area contributed by atoms with Gasteiger partial charge in [-0.05, 0) is 28.5 Å². The molecule has 0 N–H and O–H groups in total. The topological polar surface area (TPSA) is 0 Å². The minimum absolute atomic E-state index is 0.212. The number of rotatable bonds is 1. The summed E-state index contributed by atoms with van der Waals surface area (Å²) >= 11 is 2.11. The number of hydrogen-bond acceptors (Lipinski definition) is 1. The Morgan fingerprint density at radius 2 is 1.55 bits per heavy atom. The van der Waals surface area contributed by atoms with E-state index in [-0.39, 0.29) is 5.41 Å². The van der Waals surface area contributed by atoms with Gasteiger partial charge in [-0.1, -0.05) is 45.0 Å². The first-order valence-electron chi connectivity index (χ1n) is 7.35. The zero-order chi connectivity index (χ0) is 14.2. The Bertz CT molecular complexity index is 604. The monoisotopic (exact) mass is 303 g/mol. The van der Waals surface area contributed by atoms with Crippen LogP contribution in [0.5, 0.6) is 0 Å². The summed E-state index contributed by atoms with van der Waals surface area (Å²) in [5.74, 6) is 5.39. The Balaban J connectivity index is 2.16. The van der Waals surface area contributed by atoms with Crippen molar-refractivity contribution >= 4 is 33.4 Å². The summed E-state index contributed by atoms with van der Waals surface area (Å²) in [4.78, 5) is 1.61. The maximum absolute atomic E-state index is 2.42. The number of thioether (sulfide) groups is 1. The summed E-state index contributed by atoms with van der Waals surface area (Å²) in [6.45, 7) is 6.94. The van der Waals surface area contributed by atoms with Crippen LogP contribution in [-0.2, 0) is 16.3 Å². The average molecular weight is 304 g/mol. The van der Waals surface area contributed by atoms with E-state index in [4.69, 9.17) is 0 Å². The van der Waals surface area contributed by atoms with Crippen molar-refractivity contribution in [2.45, 2.75) is 31.1 Å². The van der Waals surface area contributed by atoms with Crippen molar-refractivity contribution in [2.24, 2.45) is 0 Å². The normalized spacial score (nSPS) is 17.6. The molecule has 0 aliphatic carbocycles. The Labute approximate surface area is 129 Å². The third-order valence-corrected chi connectivity index (χ3v) is 7.83. The zero-order valence-corrected chi connectivity index (χ0v) is 14.2. The Morgan fingerprint density at radius 1 is 0.900 bits per heavy atom. The van der Waals surface area contributed by atoms with Crippen LogP contribution in [-0.4, -0.2) is 23.0 Å². The molecule has 3 rings (SSSR count). The van der Waals surface area contributed by atoms with Gasteiger partial charge in [0.05, 0.1) is 0 Å². The largest absolute Gasteiger partial charge is 0.162 e. The standard InChI is InChI=1S/C18H23S2/c1-18(2,3)16-8-9-17(20-12-10-19-11-13-20)15-7-5-4-6-14(15)16/h4-9H,10-13H2,1-3H3/q+1. The van der Waals surface area contributed by atoms with Crippen LogP contribution in [0.4, 0.5) is 0 Å². The fraction of sp³-hybridized carbons (Fsp3) is 0.444. The van der Waals surface area contributed by atoms with Crippen molar-refractivity contribution in [2.75, 3.05) is 23.0 Å². The lowest BCUT2D eigenvalue weighted by atomic mass is 9.84. The van der Waals surface area contributed by atoms with Crippen LogP contribution in [0.2, 0.25) is 0 Å². The van der Waals surface area contributed by atoms with Gasteiger partial charge < -0.3 is 0 Å². The number of benzene rings is 2. The van der Waals surface area contributed by atoms with Gasteiger partial charge in [0.2, 0.25) is 0 Å². The van der Waals surface area contributed by atoms with Crippen LogP contribution >= 0.6 is 11.8 Å². The first-order chi connectivity index (χ1) is 9.57. The van der Waals surface area contributed by atoms with Crippen LogP contribution in [0, 0.1) is 0 Å². The van der Waals surface area contributed by atoms with E-state index in [1.54, 1.807) is 4.90 Å². The van der Waals surface area contributed by atoms with E-state index in [2.05, 4.69) is 68.9 Å². The first-order valence-corrected chi connectivity index (χ1v) is 10.1. The van der Waals surface area contributed by atoms with Gasteiger partial charge in [-0.25, -0.2) is 0 Å². The molecule has 20 heavy (non-hydrogen) atoms. The molecule has 1 heterocycles. The van der Waals surface area contributed by atoms with Crippen molar-refractivity contribution in [3.63, 3.8) is 0 Å². The lowest BCUT2D eigenvalue weighted by Crippen LogP contribution is -2.22. The first kappa shape index (κ1) is 14.3. The van der Waals surface area contributed by atoms with E-state index in [1.165, 1.54) is 39.3 Å². The molecule has 2 aromatic carbocycles. The second kappa shape index (κ2) is 5.65. The van der Waals surface area contributed by atoms with Crippen molar-refractivity contribution in [1.29, 1.82) is 0 Å². The zero-order valence-electron chi connectivity index (χ0n) is 12.6. The summed E-state index contributed by atoms with van der Waals surface area (Å²) in [5.41, 5.74) is 1.69. The molecule has 0 unspecified atom stereocenters. The molecule has 1 saturated heterocycles. The second-order valence-electron chi connectivity index (χ2n) is 6.42. The average Bonchev–Trinajstić information content (AvgIpc) is 2.46. The Morgan fingerprint density at radius 3 is 2.20 bits per heavy atom. The van der Waals surface area contributed by atoms with Crippen molar-refractivity contribution in [3.05, 3.63) is 42.0 Å². The molecule has 0 spiro atoms. The minimum Gasteiger partial charge on any atom is -0.152 e. The van der Waals surface area contributed by atoms with E-state index in [9.17, 15) is 0 Å². The molecular weight excluding hydrogens is 280 g/mol. The second-order valence-corrected chi connectivity index (χ2v) is 9.89. The van der Waals surface area contributed by atoms with Gasteiger partial charge in [0.15, 0.2) is 4.90 Å². The molecule has 106 valence electrons. The fourth-order valence-corrected chi connectivity index (χ4v) is 7.07. The van der Waals surface area contributed by atoms with E-state index < -0.39 is 0 Å². The Hall–Kier alpha value is -0.600. The molecule has 0 radical (unpaired) electrons. The lowest BCUT2D eigenvalue weighted by molar-refractivity contribution is 0.595. The van der Waals surface area contributed by atoms with Gasteiger partial charge in [0, 0.05) is 27.8 Å². The predicted molar refractivity (Wildman–Crippen MR) is 95.3 cm³/mol. The maximum Gasteiger partial charge on any atom is 0.162 e. The highest BCUT2D eigenvalue weighted by Gasteiger charge is 2.28. The van der Waals surface area contributed by atoms with E-state index >= 15 is 0 Å². The quantitative estimate of drug-likeness (QED) is 0.678. The molecule has 0 amide bonds. The van der Waals surface area contributed by atoms with Crippen molar-refractivity contribution < 1.29 is 0 Å². The molecule has 0 saturated carbocycles. The highest BCUT2D eigenvalue weighted by Crippen LogP contribution is 2.35. The Kier molecular flexibility index (Phi) is 4.05. The van der Waals surface area contributed by atoms with E-state index in [0.29, 0.717) is 10.9 Å². The minimum atomic E-state index is 0.212. The van der Waals surface area contributed by atoms with Crippen LogP contribution < -0.4 is 0 Å². The van der Waals surface area contributed by atoms with Gasteiger partial charge in [-0.3, -0.25) is 0 Å². The predicted octanol–water partition coefficient (Wildman–Crippen LogP) is 4.86. The molecule has 0 nitrogen and oxygen atoms in total. The van der Waals surface area contributed by atoms with Crippen LogP contribution in [0.1, 0.15) is 26.3 Å². The van der Waals surface area contributed by atoms with Crippen molar-refractivity contribution in [3.8, 4) is 0 Å². The highest BCUT2D eigenvalue weighted by atomic mass is 32.2. The van der Waals surface area contributed by atoms with Crippen LogP contribution in [0.3, 0.4) is 0 Å². The molecular formula is C18H23S2+. The van der Waals surface area contributed by atoms with Gasteiger partial charge in [0.1, 0.15) is 11.5 Å². The smallest absolute Gasteiger partial charge is 0.152 e. The van der Waals surface area contributed by atoms with Gasteiger partial charge in [-0.2, -0.15) is 11.8 Å². The summed E-state index contributed by atoms with van der Waals surface area (Å²) < 4.78 is 0. The van der Waals surface area contributed by atoms with Crippen molar-refractivity contribution in [1.82, 2.24) is 0 Å². The molecule has 2 aromatic rings. The summed E-state index contributed by atoms with van der Waals surface area (Å²) in [6, 6.07) is 13.8. The SMILES string of the molecule is CC(C)(C)c1ccc([S+]2CCSCC2)c2ccccc12. The van der Waals surface area contributed by atoms with E-state index in [1.807, 2.05) is 0 Å². The van der Waals surface area contributed by atoms with Crippen LogP contribution in [0.15, 0.2) is 41.3 Å². The molecule has 0 aromatic heterocycles. The molecule has 0 atom stereocenters. The lowest BCUT2D eigenvalue weighted by Gasteiger charge is -2.23. The summed E-state index contributed by atoms with van der Waals surface area (Å²) in [6.07, 6.45) is 0. The molecule has 1 aliphatic rings. The van der Waals surface area contributed by atoms with Gasteiger partial charge >= 0.3 is 0 Å². The molecule has 0 bridgehead atoms.